The molecule has 106 valence electrons. The van der Waals surface area contributed by atoms with Crippen LogP contribution in [0.1, 0.15) is 44.9 Å². The van der Waals surface area contributed by atoms with Crippen LogP contribution in [0.3, 0.4) is 0 Å². The second kappa shape index (κ2) is 5.61. The Balaban J connectivity index is 1.93. The van der Waals surface area contributed by atoms with E-state index >= 15 is 0 Å². The minimum Gasteiger partial charge on any atom is -0.370 e. The van der Waals surface area contributed by atoms with Gasteiger partial charge in [-0.05, 0) is 26.2 Å². The van der Waals surface area contributed by atoms with Crippen LogP contribution in [0.2, 0.25) is 0 Å². The molecule has 0 saturated heterocycles. The van der Waals surface area contributed by atoms with Crippen molar-refractivity contribution in [2.45, 2.75) is 45.6 Å². The predicted molar refractivity (Wildman–Crippen MR) is 79.7 cm³/mol. The van der Waals surface area contributed by atoms with Crippen molar-refractivity contribution in [1.82, 2.24) is 19.7 Å². The highest BCUT2D eigenvalue weighted by atomic mass is 15.3. The van der Waals surface area contributed by atoms with E-state index in [4.69, 9.17) is 4.98 Å². The average Bonchev–Trinajstić information content (AvgIpc) is 3.22. The zero-order valence-corrected chi connectivity index (χ0v) is 12.1. The van der Waals surface area contributed by atoms with E-state index in [0.717, 1.165) is 42.4 Å². The van der Waals surface area contributed by atoms with Gasteiger partial charge < -0.3 is 5.32 Å². The fourth-order valence-electron chi connectivity index (χ4n) is 2.15. The van der Waals surface area contributed by atoms with Crippen molar-refractivity contribution in [1.29, 1.82) is 0 Å². The van der Waals surface area contributed by atoms with Crippen LogP contribution in [-0.2, 0) is 6.54 Å². The Morgan fingerprint density at radius 2 is 2.15 bits per heavy atom. The lowest BCUT2D eigenvalue weighted by atomic mass is 10.2. The molecule has 0 bridgehead atoms. The van der Waals surface area contributed by atoms with Gasteiger partial charge in [-0.25, -0.2) is 9.97 Å². The largest absolute Gasteiger partial charge is 0.370 e. The zero-order chi connectivity index (χ0) is 13.9. The number of hydrogen-bond donors (Lipinski definition) is 1. The maximum absolute atomic E-state index is 4.72. The van der Waals surface area contributed by atoms with Gasteiger partial charge in [0.25, 0.3) is 0 Å². The molecule has 20 heavy (non-hydrogen) atoms. The van der Waals surface area contributed by atoms with Crippen molar-refractivity contribution in [3.63, 3.8) is 0 Å². The Hall–Kier alpha value is -1.91. The quantitative estimate of drug-likeness (QED) is 0.877. The molecular formula is C15H21N5. The van der Waals surface area contributed by atoms with Gasteiger partial charge in [0.2, 0.25) is 0 Å². The smallest absolute Gasteiger partial charge is 0.134 e. The molecule has 1 aliphatic carbocycles. The minimum atomic E-state index is 0.554. The van der Waals surface area contributed by atoms with Crippen molar-refractivity contribution in [2.24, 2.45) is 0 Å². The summed E-state index contributed by atoms with van der Waals surface area (Å²) in [7, 11) is 0. The van der Waals surface area contributed by atoms with Gasteiger partial charge in [0, 0.05) is 36.8 Å². The lowest BCUT2D eigenvalue weighted by Gasteiger charge is -2.08. The monoisotopic (exact) mass is 271 g/mol. The molecule has 1 fully saturated rings. The van der Waals surface area contributed by atoms with Gasteiger partial charge in [0.1, 0.15) is 11.6 Å². The summed E-state index contributed by atoms with van der Waals surface area (Å²) < 4.78 is 1.92. The van der Waals surface area contributed by atoms with E-state index < -0.39 is 0 Å². The van der Waals surface area contributed by atoms with Crippen molar-refractivity contribution >= 4 is 5.82 Å². The second-order valence-corrected chi connectivity index (χ2v) is 5.28. The van der Waals surface area contributed by atoms with Crippen molar-refractivity contribution in [3.05, 3.63) is 24.3 Å². The highest BCUT2D eigenvalue weighted by Gasteiger charge is 2.27. The summed E-state index contributed by atoms with van der Waals surface area (Å²) in [4.78, 5) is 9.35. The summed E-state index contributed by atoms with van der Waals surface area (Å²) in [6, 6.07) is 2.03. The van der Waals surface area contributed by atoms with Crippen LogP contribution in [0, 0.1) is 0 Å². The van der Waals surface area contributed by atoms with Crippen LogP contribution >= 0.6 is 0 Å². The molecule has 2 aromatic rings. The Morgan fingerprint density at radius 1 is 1.30 bits per heavy atom. The third kappa shape index (κ3) is 2.81. The minimum absolute atomic E-state index is 0.554. The van der Waals surface area contributed by atoms with Crippen molar-refractivity contribution in [3.8, 4) is 11.3 Å². The van der Waals surface area contributed by atoms with E-state index in [1.54, 1.807) is 0 Å². The maximum Gasteiger partial charge on any atom is 0.134 e. The lowest BCUT2D eigenvalue weighted by Crippen LogP contribution is -2.05. The van der Waals surface area contributed by atoms with E-state index in [0.29, 0.717) is 5.92 Å². The second-order valence-electron chi connectivity index (χ2n) is 5.28. The first-order chi connectivity index (χ1) is 9.80. The van der Waals surface area contributed by atoms with Crippen LogP contribution in [0.15, 0.2) is 18.5 Å². The summed E-state index contributed by atoms with van der Waals surface area (Å²) in [6.45, 7) is 6.05. The van der Waals surface area contributed by atoms with Crippen LogP contribution in [0.5, 0.6) is 0 Å². The average molecular weight is 271 g/mol. The Morgan fingerprint density at radius 3 is 2.80 bits per heavy atom. The molecule has 2 aromatic heterocycles. The van der Waals surface area contributed by atoms with Crippen LogP contribution in [0.4, 0.5) is 5.82 Å². The Labute approximate surface area is 119 Å². The number of anilines is 1. The third-order valence-corrected chi connectivity index (χ3v) is 3.50. The van der Waals surface area contributed by atoms with Gasteiger partial charge in [-0.2, -0.15) is 5.10 Å². The van der Waals surface area contributed by atoms with Gasteiger partial charge in [-0.1, -0.05) is 6.92 Å². The summed E-state index contributed by atoms with van der Waals surface area (Å²) in [6.07, 6.45) is 7.44. The Kier molecular flexibility index (Phi) is 3.67. The normalized spacial score (nSPS) is 14.5. The van der Waals surface area contributed by atoms with E-state index in [2.05, 4.69) is 29.2 Å². The Bertz CT molecular complexity index is 586. The predicted octanol–water partition coefficient (Wildman–Crippen LogP) is 3.06. The van der Waals surface area contributed by atoms with Gasteiger partial charge in [-0.3, -0.25) is 4.68 Å². The van der Waals surface area contributed by atoms with Crippen molar-refractivity contribution in [2.75, 3.05) is 11.9 Å². The molecule has 5 nitrogen and oxygen atoms in total. The van der Waals surface area contributed by atoms with Gasteiger partial charge >= 0.3 is 0 Å². The van der Waals surface area contributed by atoms with E-state index in [9.17, 15) is 0 Å². The number of hydrogen-bond acceptors (Lipinski definition) is 4. The molecule has 1 saturated carbocycles. The third-order valence-electron chi connectivity index (χ3n) is 3.50. The number of nitrogens with zero attached hydrogens (tertiary/aromatic N) is 4. The molecule has 0 amide bonds. The zero-order valence-electron chi connectivity index (χ0n) is 12.1. The van der Waals surface area contributed by atoms with Crippen LogP contribution in [-0.4, -0.2) is 26.3 Å². The van der Waals surface area contributed by atoms with Gasteiger partial charge in [0.15, 0.2) is 0 Å². The molecule has 1 aliphatic rings. The molecule has 0 spiro atoms. The molecule has 0 aromatic carbocycles. The molecule has 0 unspecified atom stereocenters. The summed E-state index contributed by atoms with van der Waals surface area (Å²) >= 11 is 0. The maximum atomic E-state index is 4.72. The molecule has 0 radical (unpaired) electrons. The number of aryl methyl sites for hydroxylation is 1. The first-order valence-corrected chi connectivity index (χ1v) is 7.45. The van der Waals surface area contributed by atoms with E-state index in [1.165, 1.54) is 12.8 Å². The van der Waals surface area contributed by atoms with Gasteiger partial charge in [-0.15, -0.1) is 0 Å². The first-order valence-electron chi connectivity index (χ1n) is 7.45. The molecule has 3 rings (SSSR count). The van der Waals surface area contributed by atoms with E-state index in [1.807, 2.05) is 23.1 Å². The molecule has 0 atom stereocenters. The summed E-state index contributed by atoms with van der Waals surface area (Å²) in [5.41, 5.74) is 2.04. The topological polar surface area (TPSA) is 55.6 Å². The first kappa shape index (κ1) is 13.1. The molecule has 1 N–H and O–H groups in total. The number of aromatic nitrogens is 4. The van der Waals surface area contributed by atoms with Gasteiger partial charge in [0.05, 0.1) is 11.9 Å². The summed E-state index contributed by atoms with van der Waals surface area (Å²) in [5, 5.41) is 7.70. The highest BCUT2D eigenvalue weighted by molar-refractivity contribution is 5.61. The SMILES string of the molecule is CCCNc1cc(-c2cnn(CC)c2)nc(C2CC2)n1. The number of rotatable bonds is 6. The lowest BCUT2D eigenvalue weighted by molar-refractivity contribution is 0.660. The molecular weight excluding hydrogens is 250 g/mol. The van der Waals surface area contributed by atoms with E-state index in [-0.39, 0.29) is 0 Å². The molecule has 5 heteroatoms. The summed E-state index contributed by atoms with van der Waals surface area (Å²) in [5.74, 6) is 2.46. The molecule has 2 heterocycles. The highest BCUT2D eigenvalue weighted by Crippen LogP contribution is 2.39. The standard InChI is InChI=1S/C15H21N5/c1-3-7-16-14-8-13(12-9-17-20(4-2)10-12)18-15(19-14)11-5-6-11/h8-11H,3-7H2,1-2H3,(H,16,18,19). The van der Waals surface area contributed by atoms with Crippen molar-refractivity contribution < 1.29 is 0 Å². The fourth-order valence-corrected chi connectivity index (χ4v) is 2.15. The fraction of sp³-hybridized carbons (Fsp3) is 0.533. The molecule has 0 aliphatic heterocycles. The number of nitrogens with one attached hydrogen (secondary N) is 1. The van der Waals surface area contributed by atoms with Crippen LogP contribution < -0.4 is 5.32 Å². The van der Waals surface area contributed by atoms with Crippen LogP contribution in [0.25, 0.3) is 11.3 Å².